The van der Waals surface area contributed by atoms with Gasteiger partial charge in [-0.25, -0.2) is 9.97 Å². The molecule has 0 unspecified atom stereocenters. The summed E-state index contributed by atoms with van der Waals surface area (Å²) in [7, 11) is 4.63. The number of carbonyl (C=O) groups is 1. The van der Waals surface area contributed by atoms with Crippen molar-refractivity contribution in [2.75, 3.05) is 26.6 Å². The molecule has 2 aromatic heterocycles. The molecule has 0 bridgehead atoms. The Bertz CT molecular complexity index is 872. The van der Waals surface area contributed by atoms with Crippen molar-refractivity contribution in [1.29, 1.82) is 0 Å². The van der Waals surface area contributed by atoms with Crippen LogP contribution in [0.4, 0.5) is 5.69 Å². The number of amides is 1. The van der Waals surface area contributed by atoms with E-state index in [1.807, 2.05) is 0 Å². The first-order chi connectivity index (χ1) is 11.7. The maximum absolute atomic E-state index is 12.6. The number of aromatic nitrogens is 2. The molecule has 0 spiro atoms. The van der Waals surface area contributed by atoms with Crippen molar-refractivity contribution in [3.8, 4) is 17.4 Å². The molecule has 0 atom stereocenters. The number of benzene rings is 1. The van der Waals surface area contributed by atoms with Crippen molar-refractivity contribution in [3.05, 3.63) is 35.5 Å². The average Bonchev–Trinajstić information content (AvgIpc) is 3.05. The number of hydrogen-bond acceptors (Lipinski definition) is 7. The van der Waals surface area contributed by atoms with E-state index in [-0.39, 0.29) is 5.91 Å². The van der Waals surface area contributed by atoms with E-state index in [1.54, 1.807) is 37.8 Å². The van der Waals surface area contributed by atoms with Gasteiger partial charge in [0.25, 0.3) is 5.91 Å². The summed E-state index contributed by atoms with van der Waals surface area (Å²) in [5, 5.41) is 4.56. The smallest absolute Gasteiger partial charge is 0.258 e. The SMILES string of the molecule is COc1cc(NC(=O)c2csc3c(OC)ncnc23)cc(OC)c1. The van der Waals surface area contributed by atoms with Crippen LogP contribution in [-0.4, -0.2) is 37.2 Å². The van der Waals surface area contributed by atoms with E-state index in [4.69, 9.17) is 14.2 Å². The summed E-state index contributed by atoms with van der Waals surface area (Å²) in [5.74, 6) is 1.34. The Hall–Kier alpha value is -2.87. The second-order valence-electron chi connectivity index (χ2n) is 4.77. The molecular formula is C16H15N3O4S. The van der Waals surface area contributed by atoms with Crippen LogP contribution in [0.25, 0.3) is 10.2 Å². The molecule has 0 saturated carbocycles. The number of fused-ring (bicyclic) bond motifs is 1. The molecule has 3 aromatic rings. The van der Waals surface area contributed by atoms with Crippen LogP contribution < -0.4 is 19.5 Å². The molecule has 3 rings (SSSR count). The number of methoxy groups -OCH3 is 3. The summed E-state index contributed by atoms with van der Waals surface area (Å²) < 4.78 is 16.3. The monoisotopic (exact) mass is 345 g/mol. The van der Waals surface area contributed by atoms with Crippen molar-refractivity contribution < 1.29 is 19.0 Å². The number of rotatable bonds is 5. The lowest BCUT2D eigenvalue weighted by Crippen LogP contribution is -2.12. The maximum atomic E-state index is 12.6. The first-order valence-corrected chi connectivity index (χ1v) is 7.85. The summed E-state index contributed by atoms with van der Waals surface area (Å²) in [4.78, 5) is 20.8. The standard InChI is InChI=1S/C16H15N3O4S/c1-21-10-4-9(5-11(6-10)22-2)19-15(20)12-7-24-14-13(12)17-8-18-16(14)23-3/h4-8H,1-3H3,(H,19,20). The second kappa shape index (κ2) is 6.71. The molecule has 0 aliphatic rings. The molecule has 0 aliphatic carbocycles. The maximum Gasteiger partial charge on any atom is 0.258 e. The molecule has 24 heavy (non-hydrogen) atoms. The third-order valence-electron chi connectivity index (χ3n) is 3.37. The van der Waals surface area contributed by atoms with Gasteiger partial charge in [-0.3, -0.25) is 4.79 Å². The van der Waals surface area contributed by atoms with Crippen LogP contribution in [-0.2, 0) is 0 Å². The van der Waals surface area contributed by atoms with Crippen LogP contribution in [0.1, 0.15) is 10.4 Å². The predicted octanol–water partition coefficient (Wildman–Crippen LogP) is 2.97. The van der Waals surface area contributed by atoms with Crippen molar-refractivity contribution in [2.24, 2.45) is 0 Å². The minimum absolute atomic E-state index is 0.280. The summed E-state index contributed by atoms with van der Waals surface area (Å²) >= 11 is 1.36. The van der Waals surface area contributed by atoms with Crippen LogP contribution in [0.15, 0.2) is 29.9 Å². The van der Waals surface area contributed by atoms with E-state index < -0.39 is 0 Å². The van der Waals surface area contributed by atoms with E-state index in [2.05, 4.69) is 15.3 Å². The van der Waals surface area contributed by atoms with Gasteiger partial charge in [0.15, 0.2) is 0 Å². The summed E-state index contributed by atoms with van der Waals surface area (Å²) in [6, 6.07) is 5.16. The first-order valence-electron chi connectivity index (χ1n) is 6.97. The topological polar surface area (TPSA) is 82.6 Å². The van der Waals surface area contributed by atoms with Gasteiger partial charge in [-0.2, -0.15) is 0 Å². The highest BCUT2D eigenvalue weighted by Crippen LogP contribution is 2.31. The van der Waals surface area contributed by atoms with Crippen molar-refractivity contribution in [2.45, 2.75) is 0 Å². The Labute approximate surface area is 142 Å². The number of anilines is 1. The summed E-state index contributed by atoms with van der Waals surface area (Å²) in [5.41, 5.74) is 1.58. The van der Waals surface area contributed by atoms with Gasteiger partial charge >= 0.3 is 0 Å². The third-order valence-corrected chi connectivity index (χ3v) is 4.33. The van der Waals surface area contributed by atoms with Gasteiger partial charge in [-0.15, -0.1) is 11.3 Å². The fourth-order valence-electron chi connectivity index (χ4n) is 2.21. The number of ether oxygens (including phenoxy) is 3. The largest absolute Gasteiger partial charge is 0.497 e. The first kappa shape index (κ1) is 16.0. The number of thiophene rings is 1. The summed E-state index contributed by atoms with van der Waals surface area (Å²) in [6.45, 7) is 0. The number of carbonyl (C=O) groups excluding carboxylic acids is 1. The van der Waals surface area contributed by atoms with Crippen molar-refractivity contribution in [3.63, 3.8) is 0 Å². The van der Waals surface area contributed by atoms with Gasteiger partial charge in [-0.05, 0) is 0 Å². The highest BCUT2D eigenvalue weighted by Gasteiger charge is 2.17. The molecule has 1 amide bonds. The quantitative estimate of drug-likeness (QED) is 0.765. The Morgan fingerprint density at radius 1 is 1.04 bits per heavy atom. The molecule has 2 heterocycles. The zero-order valence-electron chi connectivity index (χ0n) is 13.3. The number of nitrogens with zero attached hydrogens (tertiary/aromatic N) is 2. The Morgan fingerprint density at radius 3 is 2.38 bits per heavy atom. The minimum Gasteiger partial charge on any atom is -0.497 e. The zero-order chi connectivity index (χ0) is 17.1. The van der Waals surface area contributed by atoms with E-state index in [0.29, 0.717) is 34.1 Å². The van der Waals surface area contributed by atoms with Crippen LogP contribution in [0, 0.1) is 0 Å². The fraction of sp³-hybridized carbons (Fsp3) is 0.188. The molecule has 0 fully saturated rings. The lowest BCUT2D eigenvalue weighted by atomic mass is 10.2. The highest BCUT2D eigenvalue weighted by molar-refractivity contribution is 7.17. The molecule has 7 nitrogen and oxygen atoms in total. The molecule has 124 valence electrons. The predicted molar refractivity (Wildman–Crippen MR) is 91.5 cm³/mol. The molecule has 8 heteroatoms. The van der Waals surface area contributed by atoms with Crippen LogP contribution in [0.5, 0.6) is 17.4 Å². The summed E-state index contributed by atoms with van der Waals surface area (Å²) in [6.07, 6.45) is 1.37. The Balaban J connectivity index is 1.93. The van der Waals surface area contributed by atoms with E-state index >= 15 is 0 Å². The minimum atomic E-state index is -0.280. The Kier molecular flexibility index (Phi) is 4.48. The zero-order valence-corrected chi connectivity index (χ0v) is 14.1. The van der Waals surface area contributed by atoms with E-state index in [9.17, 15) is 4.79 Å². The van der Waals surface area contributed by atoms with Crippen LogP contribution in [0.2, 0.25) is 0 Å². The molecule has 0 saturated heterocycles. The van der Waals surface area contributed by atoms with Gasteiger partial charge in [-0.1, -0.05) is 0 Å². The van der Waals surface area contributed by atoms with Gasteiger partial charge in [0, 0.05) is 29.3 Å². The van der Waals surface area contributed by atoms with Crippen molar-refractivity contribution in [1.82, 2.24) is 9.97 Å². The molecule has 0 aliphatic heterocycles. The van der Waals surface area contributed by atoms with Gasteiger partial charge < -0.3 is 19.5 Å². The fourth-order valence-corrected chi connectivity index (χ4v) is 3.18. The lowest BCUT2D eigenvalue weighted by Gasteiger charge is -2.09. The van der Waals surface area contributed by atoms with Gasteiger partial charge in [0.1, 0.15) is 28.0 Å². The highest BCUT2D eigenvalue weighted by atomic mass is 32.1. The van der Waals surface area contributed by atoms with E-state index in [1.165, 1.54) is 24.8 Å². The molecular weight excluding hydrogens is 330 g/mol. The van der Waals surface area contributed by atoms with Gasteiger partial charge in [0.2, 0.25) is 5.88 Å². The lowest BCUT2D eigenvalue weighted by molar-refractivity contribution is 0.102. The normalized spacial score (nSPS) is 10.5. The van der Waals surface area contributed by atoms with Crippen molar-refractivity contribution >= 4 is 33.1 Å². The second-order valence-corrected chi connectivity index (χ2v) is 5.65. The molecule has 1 N–H and O–H groups in total. The molecule has 0 radical (unpaired) electrons. The average molecular weight is 345 g/mol. The van der Waals surface area contributed by atoms with E-state index in [0.717, 1.165) is 4.70 Å². The third kappa shape index (κ3) is 2.95. The Morgan fingerprint density at radius 2 is 1.75 bits per heavy atom. The molecule has 1 aromatic carbocycles. The number of nitrogens with one attached hydrogen (secondary N) is 1. The number of hydrogen-bond donors (Lipinski definition) is 1. The van der Waals surface area contributed by atoms with Crippen LogP contribution in [0.3, 0.4) is 0 Å². The van der Waals surface area contributed by atoms with Crippen LogP contribution >= 0.6 is 11.3 Å². The van der Waals surface area contributed by atoms with Gasteiger partial charge in [0.05, 0.1) is 26.9 Å².